The fourth-order valence-electron chi connectivity index (χ4n) is 4.37. The van der Waals surface area contributed by atoms with Crippen LogP contribution in [0, 0.1) is 29.1 Å². The van der Waals surface area contributed by atoms with Crippen molar-refractivity contribution in [2.75, 3.05) is 20.2 Å². The van der Waals surface area contributed by atoms with Gasteiger partial charge in [0.15, 0.2) is 0 Å². The van der Waals surface area contributed by atoms with Gasteiger partial charge in [-0.15, -0.1) is 0 Å². The first-order valence-corrected chi connectivity index (χ1v) is 8.51. The van der Waals surface area contributed by atoms with E-state index in [1.165, 1.54) is 25.7 Å². The minimum Gasteiger partial charge on any atom is -0.381 e. The Hall–Kier alpha value is -1.12. The van der Waals surface area contributed by atoms with Crippen molar-refractivity contribution in [2.45, 2.75) is 57.6 Å². The molecule has 124 valence electrons. The third kappa shape index (κ3) is 3.99. The molecule has 0 aromatic carbocycles. The van der Waals surface area contributed by atoms with Crippen LogP contribution >= 0.6 is 0 Å². The average molecular weight is 307 g/mol. The van der Waals surface area contributed by atoms with E-state index >= 15 is 0 Å². The summed E-state index contributed by atoms with van der Waals surface area (Å²) in [5.74, 6) is 2.89. The highest BCUT2D eigenvalue weighted by Gasteiger charge is 2.40. The molecule has 1 amide bonds. The van der Waals surface area contributed by atoms with Crippen molar-refractivity contribution >= 4 is 5.91 Å². The van der Waals surface area contributed by atoms with Crippen molar-refractivity contribution in [1.29, 1.82) is 5.26 Å². The van der Waals surface area contributed by atoms with Gasteiger partial charge in [0.2, 0.25) is 5.91 Å². The largest absolute Gasteiger partial charge is 0.381 e. The van der Waals surface area contributed by atoms with Crippen LogP contribution < -0.4 is 5.73 Å². The van der Waals surface area contributed by atoms with Crippen LogP contribution in [0.4, 0.5) is 0 Å². The van der Waals surface area contributed by atoms with E-state index in [4.69, 9.17) is 15.7 Å². The lowest BCUT2D eigenvalue weighted by Crippen LogP contribution is -2.38. The summed E-state index contributed by atoms with van der Waals surface area (Å²) < 4.78 is 5.38. The second-order valence-corrected chi connectivity index (χ2v) is 7.00. The summed E-state index contributed by atoms with van der Waals surface area (Å²) in [4.78, 5) is 12.6. The molecule has 22 heavy (non-hydrogen) atoms. The molecule has 1 aliphatic heterocycles. The van der Waals surface area contributed by atoms with Crippen molar-refractivity contribution in [3.8, 4) is 6.07 Å². The predicted molar refractivity (Wildman–Crippen MR) is 84.8 cm³/mol. The van der Waals surface area contributed by atoms with Crippen molar-refractivity contribution in [3.63, 3.8) is 0 Å². The smallest absolute Gasteiger partial charge is 0.237 e. The molecule has 5 nitrogen and oxygen atoms in total. The Morgan fingerprint density at radius 2 is 1.95 bits per heavy atom. The molecule has 2 N–H and O–H groups in total. The molecule has 0 aromatic heterocycles. The van der Waals surface area contributed by atoms with Gasteiger partial charge in [-0.2, -0.15) is 5.26 Å². The fraction of sp³-hybridized carbons (Fsp3) is 0.882. The van der Waals surface area contributed by atoms with Gasteiger partial charge in [-0.1, -0.05) is 6.92 Å². The van der Waals surface area contributed by atoms with Crippen LogP contribution in [-0.4, -0.2) is 43.2 Å². The molecule has 3 aliphatic rings. The van der Waals surface area contributed by atoms with E-state index in [1.54, 1.807) is 4.90 Å². The number of methoxy groups -OCH3 is 1. The number of nitrogens with zero attached hydrogens (tertiary/aromatic N) is 2. The van der Waals surface area contributed by atoms with Gasteiger partial charge >= 0.3 is 0 Å². The number of carbonyl (C=O) groups excluding carboxylic acids is 1. The second kappa shape index (κ2) is 7.94. The number of amides is 1. The Morgan fingerprint density at radius 3 is 2.45 bits per heavy atom. The van der Waals surface area contributed by atoms with Crippen LogP contribution in [0.2, 0.25) is 0 Å². The number of carbonyl (C=O) groups is 1. The molecule has 1 heterocycles. The van der Waals surface area contributed by atoms with Crippen molar-refractivity contribution in [3.05, 3.63) is 0 Å². The topological polar surface area (TPSA) is 79.3 Å². The number of fused-ring (bicyclic) bond motifs is 1. The highest BCUT2D eigenvalue weighted by molar-refractivity contribution is 5.78. The van der Waals surface area contributed by atoms with Gasteiger partial charge in [0.1, 0.15) is 6.04 Å². The van der Waals surface area contributed by atoms with Gasteiger partial charge in [-0.3, -0.25) is 4.79 Å². The Kier molecular flexibility index (Phi) is 6.22. The Labute approximate surface area is 133 Å². The van der Waals surface area contributed by atoms with E-state index < -0.39 is 0 Å². The summed E-state index contributed by atoms with van der Waals surface area (Å²) in [5, 5.41) is 8.60. The van der Waals surface area contributed by atoms with Crippen molar-refractivity contribution in [2.24, 2.45) is 23.5 Å². The van der Waals surface area contributed by atoms with Gasteiger partial charge in [0.25, 0.3) is 0 Å². The number of nitrogens with two attached hydrogens (primary N) is 1. The fourth-order valence-corrected chi connectivity index (χ4v) is 4.37. The minimum absolute atomic E-state index is 0.0121. The van der Waals surface area contributed by atoms with E-state index in [1.807, 2.05) is 7.11 Å². The van der Waals surface area contributed by atoms with E-state index in [0.29, 0.717) is 12.6 Å². The summed E-state index contributed by atoms with van der Waals surface area (Å²) >= 11 is 0. The summed E-state index contributed by atoms with van der Waals surface area (Å²) in [7, 11) is 1.86. The van der Waals surface area contributed by atoms with Crippen LogP contribution in [0.1, 0.15) is 45.4 Å². The molecule has 0 bridgehead atoms. The highest BCUT2D eigenvalue weighted by Crippen LogP contribution is 2.47. The number of ether oxygens (including phenoxy) is 1. The minimum atomic E-state index is -0.231. The van der Waals surface area contributed by atoms with Crippen LogP contribution in [0.3, 0.4) is 0 Å². The Balaban J connectivity index is 0.000000160. The number of nitriles is 1. The SMILES string of the molecule is COC1C[C@H]2CC(C)C[C@H]2C1.N#CC1CCCN1C(=O)CN. The molecule has 1 saturated heterocycles. The maximum absolute atomic E-state index is 11.0. The summed E-state index contributed by atoms with van der Waals surface area (Å²) in [6.07, 6.45) is 7.91. The molecule has 2 aliphatic carbocycles. The summed E-state index contributed by atoms with van der Waals surface area (Å²) in [5.41, 5.74) is 5.17. The monoisotopic (exact) mass is 307 g/mol. The molecule has 3 unspecified atom stereocenters. The Bertz CT molecular complexity index is 407. The quantitative estimate of drug-likeness (QED) is 0.845. The molecule has 2 saturated carbocycles. The zero-order valence-electron chi connectivity index (χ0n) is 13.8. The third-order valence-corrected chi connectivity index (χ3v) is 5.44. The molecule has 0 spiro atoms. The van der Waals surface area contributed by atoms with E-state index in [0.717, 1.165) is 30.6 Å². The van der Waals surface area contributed by atoms with Gasteiger partial charge in [0, 0.05) is 13.7 Å². The first-order chi connectivity index (χ1) is 10.6. The summed E-state index contributed by atoms with van der Waals surface area (Å²) in [6.45, 7) is 3.09. The van der Waals surface area contributed by atoms with Crippen molar-refractivity contribution < 1.29 is 9.53 Å². The van der Waals surface area contributed by atoms with E-state index in [-0.39, 0.29) is 18.5 Å². The van der Waals surface area contributed by atoms with Crippen LogP contribution in [0.15, 0.2) is 0 Å². The molecular weight excluding hydrogens is 278 g/mol. The molecule has 0 radical (unpaired) electrons. The summed E-state index contributed by atoms with van der Waals surface area (Å²) in [6, 6.07) is 1.85. The molecule has 3 rings (SSSR count). The number of rotatable bonds is 2. The van der Waals surface area contributed by atoms with E-state index in [2.05, 4.69) is 13.0 Å². The van der Waals surface area contributed by atoms with E-state index in [9.17, 15) is 4.79 Å². The lowest BCUT2D eigenvalue weighted by molar-refractivity contribution is -0.129. The Morgan fingerprint density at radius 1 is 1.32 bits per heavy atom. The first kappa shape index (κ1) is 17.2. The third-order valence-electron chi connectivity index (χ3n) is 5.44. The predicted octanol–water partition coefficient (Wildman–Crippen LogP) is 1.92. The lowest BCUT2D eigenvalue weighted by Gasteiger charge is -2.17. The maximum atomic E-state index is 11.0. The maximum Gasteiger partial charge on any atom is 0.237 e. The highest BCUT2D eigenvalue weighted by atomic mass is 16.5. The molecule has 3 fully saturated rings. The number of hydrogen-bond acceptors (Lipinski definition) is 4. The van der Waals surface area contributed by atoms with Gasteiger partial charge < -0.3 is 15.4 Å². The van der Waals surface area contributed by atoms with Crippen LogP contribution in [0.5, 0.6) is 0 Å². The molecule has 5 heteroatoms. The second-order valence-electron chi connectivity index (χ2n) is 7.00. The normalized spacial score (nSPS) is 36.5. The number of likely N-dealkylation sites (tertiary alicyclic amines) is 1. The zero-order valence-corrected chi connectivity index (χ0v) is 13.8. The lowest BCUT2D eigenvalue weighted by atomic mass is 10.0. The van der Waals surface area contributed by atoms with Crippen LogP contribution in [0.25, 0.3) is 0 Å². The van der Waals surface area contributed by atoms with Crippen LogP contribution in [-0.2, 0) is 9.53 Å². The molecular formula is C17H29N3O2. The standard InChI is InChI=1S/C10H18O.C7H11N3O/c1-7-3-8-5-10(11-2)6-9(8)4-7;8-4-6-2-1-3-10(6)7(11)5-9/h7-10H,3-6H2,1-2H3;6H,1-3,5,9H2/t7?,8-,9+,10?;. The average Bonchev–Trinajstić information content (AvgIpc) is 3.20. The molecule has 0 aromatic rings. The zero-order chi connectivity index (χ0) is 16.1. The van der Waals surface area contributed by atoms with Gasteiger partial charge in [0.05, 0.1) is 18.7 Å². The first-order valence-electron chi connectivity index (χ1n) is 8.51. The number of hydrogen-bond donors (Lipinski definition) is 1. The van der Waals surface area contributed by atoms with Gasteiger partial charge in [-0.25, -0.2) is 0 Å². The van der Waals surface area contributed by atoms with Crippen molar-refractivity contribution in [1.82, 2.24) is 4.90 Å². The van der Waals surface area contributed by atoms with Gasteiger partial charge in [-0.05, 0) is 56.3 Å². The molecule has 5 atom stereocenters.